The van der Waals surface area contributed by atoms with Crippen molar-refractivity contribution < 1.29 is 4.79 Å². The number of rotatable bonds is 6. The van der Waals surface area contributed by atoms with Gasteiger partial charge >= 0.3 is 0 Å². The molecule has 0 aliphatic carbocycles. The number of nitrogens with one attached hydrogen (secondary N) is 1. The second kappa shape index (κ2) is 5.89. The van der Waals surface area contributed by atoms with E-state index in [1.165, 1.54) is 5.56 Å². The van der Waals surface area contributed by atoms with Gasteiger partial charge in [-0.05, 0) is 44.7 Å². The van der Waals surface area contributed by atoms with Gasteiger partial charge < -0.3 is 11.1 Å². The van der Waals surface area contributed by atoms with Crippen molar-refractivity contribution >= 4 is 11.6 Å². The third-order valence-electron chi connectivity index (χ3n) is 3.24. The van der Waals surface area contributed by atoms with Crippen molar-refractivity contribution in [2.75, 3.05) is 5.32 Å². The van der Waals surface area contributed by atoms with Crippen LogP contribution in [0, 0.1) is 12.8 Å². The van der Waals surface area contributed by atoms with Crippen LogP contribution in [-0.2, 0) is 4.79 Å². The van der Waals surface area contributed by atoms with Gasteiger partial charge in [-0.2, -0.15) is 0 Å². The van der Waals surface area contributed by atoms with Crippen molar-refractivity contribution in [3.63, 3.8) is 0 Å². The van der Waals surface area contributed by atoms with Crippen LogP contribution in [0.4, 0.5) is 5.69 Å². The van der Waals surface area contributed by atoms with E-state index in [0.717, 1.165) is 18.5 Å². The topological polar surface area (TPSA) is 55.1 Å². The van der Waals surface area contributed by atoms with Crippen LogP contribution in [0.5, 0.6) is 0 Å². The van der Waals surface area contributed by atoms with Gasteiger partial charge in [0.05, 0.1) is 0 Å². The van der Waals surface area contributed by atoms with Gasteiger partial charge in [-0.1, -0.05) is 31.5 Å². The maximum atomic E-state index is 11.7. The zero-order valence-electron chi connectivity index (χ0n) is 11.8. The summed E-state index contributed by atoms with van der Waals surface area (Å²) < 4.78 is 0. The van der Waals surface area contributed by atoms with Gasteiger partial charge in [0.25, 0.3) is 0 Å². The summed E-state index contributed by atoms with van der Waals surface area (Å²) in [6.45, 7) is 8.20. The van der Waals surface area contributed by atoms with Crippen LogP contribution in [0.25, 0.3) is 0 Å². The first-order valence-corrected chi connectivity index (χ1v) is 6.48. The molecule has 0 heterocycles. The Bertz CT molecular complexity index is 397. The molecule has 0 fully saturated rings. The minimum absolute atomic E-state index is 0.302. The Balaban J connectivity index is 2.79. The fourth-order valence-corrected chi connectivity index (χ4v) is 1.78. The predicted molar refractivity (Wildman–Crippen MR) is 76.5 cm³/mol. The molecular weight excluding hydrogens is 224 g/mol. The summed E-state index contributed by atoms with van der Waals surface area (Å²) in [4.78, 5) is 11.7. The fourth-order valence-electron chi connectivity index (χ4n) is 1.78. The van der Waals surface area contributed by atoms with Gasteiger partial charge in [0.1, 0.15) is 5.54 Å². The molecule has 3 N–H and O–H groups in total. The number of primary amides is 1. The molecule has 18 heavy (non-hydrogen) atoms. The lowest BCUT2D eigenvalue weighted by Gasteiger charge is -2.29. The second-order valence-electron chi connectivity index (χ2n) is 5.62. The van der Waals surface area contributed by atoms with Crippen molar-refractivity contribution in [1.29, 1.82) is 0 Å². The minimum atomic E-state index is -0.681. The quantitative estimate of drug-likeness (QED) is 0.812. The monoisotopic (exact) mass is 248 g/mol. The number of aryl methyl sites for hydroxylation is 1. The number of anilines is 1. The van der Waals surface area contributed by atoms with Crippen LogP contribution in [-0.4, -0.2) is 11.4 Å². The van der Waals surface area contributed by atoms with Gasteiger partial charge in [0.15, 0.2) is 0 Å². The first-order valence-electron chi connectivity index (χ1n) is 6.48. The molecule has 1 aromatic rings. The first kappa shape index (κ1) is 14.6. The van der Waals surface area contributed by atoms with Crippen molar-refractivity contribution in [2.45, 2.75) is 46.1 Å². The van der Waals surface area contributed by atoms with Crippen LogP contribution < -0.4 is 11.1 Å². The molecule has 1 rings (SSSR count). The van der Waals surface area contributed by atoms with Crippen molar-refractivity contribution in [2.24, 2.45) is 11.7 Å². The molecule has 3 heteroatoms. The molecule has 0 aliphatic heterocycles. The highest BCUT2D eigenvalue weighted by molar-refractivity contribution is 5.87. The van der Waals surface area contributed by atoms with Gasteiger partial charge in [-0.15, -0.1) is 0 Å². The van der Waals surface area contributed by atoms with Gasteiger partial charge in [-0.3, -0.25) is 4.79 Å². The summed E-state index contributed by atoms with van der Waals surface area (Å²) >= 11 is 0. The molecule has 1 atom stereocenters. The Hall–Kier alpha value is -1.51. The average molecular weight is 248 g/mol. The van der Waals surface area contributed by atoms with Gasteiger partial charge in [0, 0.05) is 5.69 Å². The van der Waals surface area contributed by atoms with Gasteiger partial charge in [0.2, 0.25) is 5.91 Å². The number of hydrogen-bond acceptors (Lipinski definition) is 2. The Morgan fingerprint density at radius 2 is 1.89 bits per heavy atom. The second-order valence-corrected chi connectivity index (χ2v) is 5.62. The maximum absolute atomic E-state index is 11.7. The maximum Gasteiger partial charge on any atom is 0.242 e. The van der Waals surface area contributed by atoms with Crippen LogP contribution in [0.15, 0.2) is 24.3 Å². The number of nitrogens with two attached hydrogens (primary N) is 1. The minimum Gasteiger partial charge on any atom is -0.371 e. The van der Waals surface area contributed by atoms with E-state index in [0.29, 0.717) is 5.92 Å². The van der Waals surface area contributed by atoms with Crippen molar-refractivity contribution in [3.8, 4) is 0 Å². The Labute approximate surface area is 110 Å². The van der Waals surface area contributed by atoms with Crippen LogP contribution in [0.3, 0.4) is 0 Å². The molecule has 0 saturated heterocycles. The largest absolute Gasteiger partial charge is 0.371 e. The summed E-state index contributed by atoms with van der Waals surface area (Å²) in [5.74, 6) is 0.257. The molecule has 1 unspecified atom stereocenters. The summed E-state index contributed by atoms with van der Waals surface area (Å²) in [7, 11) is 0. The fraction of sp³-hybridized carbons (Fsp3) is 0.533. The number of carbonyl (C=O) groups excluding carboxylic acids is 1. The molecule has 0 spiro atoms. The molecule has 1 amide bonds. The van der Waals surface area contributed by atoms with E-state index >= 15 is 0 Å². The lowest BCUT2D eigenvalue weighted by atomic mass is 9.91. The normalized spacial score (nSPS) is 14.3. The van der Waals surface area contributed by atoms with E-state index in [9.17, 15) is 4.79 Å². The third kappa shape index (κ3) is 4.06. The van der Waals surface area contributed by atoms with E-state index in [-0.39, 0.29) is 5.91 Å². The lowest BCUT2D eigenvalue weighted by molar-refractivity contribution is -0.122. The zero-order chi connectivity index (χ0) is 13.8. The molecule has 0 aliphatic rings. The SMILES string of the molecule is Cc1ccc(NC(C)(CCC(C)C)C(N)=O)cc1. The van der Waals surface area contributed by atoms with Crippen LogP contribution in [0.2, 0.25) is 0 Å². The molecule has 100 valence electrons. The molecule has 0 radical (unpaired) electrons. The highest BCUT2D eigenvalue weighted by Crippen LogP contribution is 2.22. The van der Waals surface area contributed by atoms with Crippen LogP contribution >= 0.6 is 0 Å². The predicted octanol–water partition coefficient (Wildman–Crippen LogP) is 3.09. The lowest BCUT2D eigenvalue weighted by Crippen LogP contribution is -2.48. The number of hydrogen-bond donors (Lipinski definition) is 2. The Kier molecular flexibility index (Phi) is 4.76. The first-order chi connectivity index (χ1) is 8.33. The summed E-state index contributed by atoms with van der Waals surface area (Å²) in [6, 6.07) is 8.00. The average Bonchev–Trinajstić information content (AvgIpc) is 2.29. The standard InChI is InChI=1S/C15H24N2O/c1-11(2)9-10-15(4,14(16)18)17-13-7-5-12(3)6-8-13/h5-8,11,17H,9-10H2,1-4H3,(H2,16,18). The summed E-state index contributed by atoms with van der Waals surface area (Å²) in [5.41, 5.74) is 6.99. The summed E-state index contributed by atoms with van der Waals surface area (Å²) in [6.07, 6.45) is 1.71. The van der Waals surface area contributed by atoms with Crippen LogP contribution in [0.1, 0.15) is 39.2 Å². The number of carbonyl (C=O) groups is 1. The third-order valence-corrected chi connectivity index (χ3v) is 3.24. The van der Waals surface area contributed by atoms with Crippen molar-refractivity contribution in [3.05, 3.63) is 29.8 Å². The molecule has 0 saturated carbocycles. The van der Waals surface area contributed by atoms with E-state index in [4.69, 9.17) is 5.73 Å². The Morgan fingerprint density at radius 3 is 2.33 bits per heavy atom. The van der Waals surface area contributed by atoms with Crippen molar-refractivity contribution in [1.82, 2.24) is 0 Å². The van der Waals surface area contributed by atoms with E-state index in [1.54, 1.807) is 0 Å². The smallest absolute Gasteiger partial charge is 0.242 e. The van der Waals surface area contributed by atoms with E-state index in [2.05, 4.69) is 19.2 Å². The molecule has 0 bridgehead atoms. The molecule has 1 aromatic carbocycles. The summed E-state index contributed by atoms with van der Waals surface area (Å²) in [5, 5.41) is 3.26. The highest BCUT2D eigenvalue weighted by atomic mass is 16.1. The van der Waals surface area contributed by atoms with Gasteiger partial charge in [-0.25, -0.2) is 0 Å². The number of benzene rings is 1. The number of amides is 1. The van der Waals surface area contributed by atoms with E-state index < -0.39 is 5.54 Å². The Morgan fingerprint density at radius 1 is 1.33 bits per heavy atom. The molecule has 0 aromatic heterocycles. The van der Waals surface area contributed by atoms with E-state index in [1.807, 2.05) is 38.1 Å². The zero-order valence-corrected chi connectivity index (χ0v) is 11.8. The molecular formula is C15H24N2O. The molecule has 3 nitrogen and oxygen atoms in total. The highest BCUT2D eigenvalue weighted by Gasteiger charge is 2.30.